The van der Waals surface area contributed by atoms with Crippen LogP contribution >= 0.6 is 0 Å². The molecule has 0 bridgehead atoms. The SMILES string of the molecule is CCCCCCCC/C=C\CCCCCCCCCCCCOC(=O)CCC. The maximum atomic E-state index is 11.2. The van der Waals surface area contributed by atoms with Crippen molar-refractivity contribution in [3.05, 3.63) is 12.2 Å². The first kappa shape index (κ1) is 27.2. The van der Waals surface area contributed by atoms with Gasteiger partial charge in [0.1, 0.15) is 0 Å². The van der Waals surface area contributed by atoms with Crippen molar-refractivity contribution in [2.75, 3.05) is 6.61 Å². The van der Waals surface area contributed by atoms with Gasteiger partial charge >= 0.3 is 5.97 Å². The molecule has 0 saturated heterocycles. The molecule has 0 saturated carbocycles. The molecule has 0 atom stereocenters. The lowest BCUT2D eigenvalue weighted by atomic mass is 10.1. The molecule has 166 valence electrons. The smallest absolute Gasteiger partial charge is 0.305 e. The lowest BCUT2D eigenvalue weighted by Gasteiger charge is -2.04. The molecule has 0 aliphatic rings. The van der Waals surface area contributed by atoms with E-state index >= 15 is 0 Å². The normalized spacial score (nSPS) is 11.4. The van der Waals surface area contributed by atoms with Gasteiger partial charge in [-0.3, -0.25) is 4.79 Å². The summed E-state index contributed by atoms with van der Waals surface area (Å²) in [5.74, 6) is -0.0317. The Morgan fingerprint density at radius 1 is 0.571 bits per heavy atom. The minimum Gasteiger partial charge on any atom is -0.466 e. The summed E-state index contributed by atoms with van der Waals surface area (Å²) in [4.78, 5) is 11.2. The van der Waals surface area contributed by atoms with Crippen LogP contribution in [0.15, 0.2) is 12.2 Å². The second-order valence-corrected chi connectivity index (χ2v) is 8.32. The molecule has 0 aromatic carbocycles. The Morgan fingerprint density at radius 3 is 1.46 bits per heavy atom. The van der Waals surface area contributed by atoms with Gasteiger partial charge in [0.15, 0.2) is 0 Å². The second kappa shape index (κ2) is 24.2. The van der Waals surface area contributed by atoms with Gasteiger partial charge < -0.3 is 4.74 Å². The maximum absolute atomic E-state index is 11.2. The van der Waals surface area contributed by atoms with E-state index in [4.69, 9.17) is 4.74 Å². The van der Waals surface area contributed by atoms with Crippen LogP contribution in [-0.4, -0.2) is 12.6 Å². The zero-order valence-electron chi connectivity index (χ0n) is 19.3. The molecule has 0 N–H and O–H groups in total. The predicted octanol–water partition coefficient (Wildman–Crippen LogP) is 8.93. The largest absolute Gasteiger partial charge is 0.466 e. The van der Waals surface area contributed by atoms with Crippen molar-refractivity contribution < 1.29 is 9.53 Å². The fraction of sp³-hybridized carbons (Fsp3) is 0.885. The highest BCUT2D eigenvalue weighted by atomic mass is 16.5. The number of carbonyl (C=O) groups excluding carboxylic acids is 1. The average molecular weight is 395 g/mol. The lowest BCUT2D eigenvalue weighted by Crippen LogP contribution is -2.04. The van der Waals surface area contributed by atoms with Gasteiger partial charge in [-0.2, -0.15) is 0 Å². The first-order chi connectivity index (χ1) is 13.8. The highest BCUT2D eigenvalue weighted by Gasteiger charge is 1.99. The van der Waals surface area contributed by atoms with E-state index in [-0.39, 0.29) is 5.97 Å². The van der Waals surface area contributed by atoms with E-state index < -0.39 is 0 Å². The summed E-state index contributed by atoms with van der Waals surface area (Å²) in [6.45, 7) is 4.91. The number of allylic oxidation sites excluding steroid dienone is 2. The van der Waals surface area contributed by atoms with Crippen molar-refractivity contribution in [2.24, 2.45) is 0 Å². The van der Waals surface area contributed by atoms with Crippen LogP contribution in [0.4, 0.5) is 0 Å². The van der Waals surface area contributed by atoms with Crippen LogP contribution in [-0.2, 0) is 9.53 Å². The summed E-state index contributed by atoms with van der Waals surface area (Å²) in [5.41, 5.74) is 0. The Labute approximate surface area is 176 Å². The van der Waals surface area contributed by atoms with E-state index in [2.05, 4.69) is 19.1 Å². The summed E-state index contributed by atoms with van der Waals surface area (Å²) in [7, 11) is 0. The molecule has 2 heteroatoms. The van der Waals surface area contributed by atoms with Gasteiger partial charge in [0.2, 0.25) is 0 Å². The van der Waals surface area contributed by atoms with Crippen molar-refractivity contribution in [3.8, 4) is 0 Å². The number of rotatable bonds is 22. The molecule has 2 nitrogen and oxygen atoms in total. The van der Waals surface area contributed by atoms with Crippen LogP contribution in [0, 0.1) is 0 Å². The number of hydrogen-bond acceptors (Lipinski definition) is 2. The highest BCUT2D eigenvalue weighted by Crippen LogP contribution is 2.12. The minimum absolute atomic E-state index is 0.0317. The third-order valence-corrected chi connectivity index (χ3v) is 5.37. The second-order valence-electron chi connectivity index (χ2n) is 8.32. The first-order valence-electron chi connectivity index (χ1n) is 12.6. The lowest BCUT2D eigenvalue weighted by molar-refractivity contribution is -0.143. The molecule has 0 aliphatic heterocycles. The average Bonchev–Trinajstić information content (AvgIpc) is 2.69. The van der Waals surface area contributed by atoms with Crippen molar-refractivity contribution in [3.63, 3.8) is 0 Å². The number of hydrogen-bond donors (Lipinski definition) is 0. The monoisotopic (exact) mass is 394 g/mol. The number of carbonyl (C=O) groups is 1. The summed E-state index contributed by atoms with van der Waals surface area (Å²) >= 11 is 0. The Morgan fingerprint density at radius 2 is 1.00 bits per heavy atom. The molecule has 0 aromatic rings. The van der Waals surface area contributed by atoms with Gasteiger partial charge in [0.05, 0.1) is 6.61 Å². The van der Waals surface area contributed by atoms with Crippen LogP contribution < -0.4 is 0 Å². The van der Waals surface area contributed by atoms with Crippen molar-refractivity contribution >= 4 is 5.97 Å². The van der Waals surface area contributed by atoms with Gasteiger partial charge in [-0.15, -0.1) is 0 Å². The maximum Gasteiger partial charge on any atom is 0.305 e. The minimum atomic E-state index is -0.0317. The van der Waals surface area contributed by atoms with E-state index in [9.17, 15) is 4.79 Å². The fourth-order valence-corrected chi connectivity index (χ4v) is 3.52. The Bertz CT molecular complexity index is 335. The molecular formula is C26H50O2. The molecule has 28 heavy (non-hydrogen) atoms. The molecule has 0 unspecified atom stereocenters. The van der Waals surface area contributed by atoms with E-state index in [0.717, 1.165) is 12.8 Å². The standard InChI is InChI=1S/C26H50O2/c1-3-5-6-7-8-9-10-11-12-13-14-15-16-17-18-19-20-21-22-23-25-28-26(27)24-4-2/h11-12H,3-10,13-25H2,1-2H3/b12-11-. The van der Waals surface area contributed by atoms with Gasteiger partial charge in [-0.05, 0) is 38.5 Å². The zero-order chi connectivity index (χ0) is 20.5. The molecular weight excluding hydrogens is 344 g/mol. The Kier molecular flexibility index (Phi) is 23.6. The van der Waals surface area contributed by atoms with E-state index in [0.29, 0.717) is 13.0 Å². The van der Waals surface area contributed by atoms with Crippen molar-refractivity contribution in [1.82, 2.24) is 0 Å². The number of ether oxygens (including phenoxy) is 1. The van der Waals surface area contributed by atoms with Crippen molar-refractivity contribution in [2.45, 2.75) is 142 Å². The van der Waals surface area contributed by atoms with Gasteiger partial charge in [-0.1, -0.05) is 109 Å². The number of unbranched alkanes of at least 4 members (excludes halogenated alkanes) is 16. The molecule has 0 aromatic heterocycles. The summed E-state index contributed by atoms with van der Waals surface area (Å²) in [6.07, 6.45) is 30.4. The summed E-state index contributed by atoms with van der Waals surface area (Å²) in [6, 6.07) is 0. The molecule has 0 amide bonds. The molecule has 0 radical (unpaired) electrons. The Hall–Kier alpha value is -0.790. The Balaban J connectivity index is 3.10. The molecule has 0 aliphatic carbocycles. The fourth-order valence-electron chi connectivity index (χ4n) is 3.52. The van der Waals surface area contributed by atoms with E-state index in [1.807, 2.05) is 6.92 Å². The van der Waals surface area contributed by atoms with Crippen LogP contribution in [0.2, 0.25) is 0 Å². The van der Waals surface area contributed by atoms with Crippen LogP contribution in [0.3, 0.4) is 0 Å². The third-order valence-electron chi connectivity index (χ3n) is 5.37. The third kappa shape index (κ3) is 23.2. The molecule has 0 heterocycles. The summed E-state index contributed by atoms with van der Waals surface area (Å²) < 4.78 is 5.18. The van der Waals surface area contributed by atoms with Gasteiger partial charge in [-0.25, -0.2) is 0 Å². The quantitative estimate of drug-likeness (QED) is 0.104. The van der Waals surface area contributed by atoms with Gasteiger partial charge in [0.25, 0.3) is 0 Å². The van der Waals surface area contributed by atoms with E-state index in [1.165, 1.54) is 109 Å². The van der Waals surface area contributed by atoms with Gasteiger partial charge in [0, 0.05) is 6.42 Å². The predicted molar refractivity (Wildman–Crippen MR) is 124 cm³/mol. The molecule has 0 fully saturated rings. The highest BCUT2D eigenvalue weighted by molar-refractivity contribution is 5.69. The molecule has 0 rings (SSSR count). The van der Waals surface area contributed by atoms with Crippen LogP contribution in [0.5, 0.6) is 0 Å². The molecule has 0 spiro atoms. The summed E-state index contributed by atoms with van der Waals surface area (Å²) in [5, 5.41) is 0. The van der Waals surface area contributed by atoms with Crippen LogP contribution in [0.25, 0.3) is 0 Å². The first-order valence-corrected chi connectivity index (χ1v) is 12.6. The van der Waals surface area contributed by atoms with E-state index in [1.54, 1.807) is 0 Å². The van der Waals surface area contributed by atoms with Crippen LogP contribution in [0.1, 0.15) is 142 Å². The number of esters is 1. The van der Waals surface area contributed by atoms with Crippen molar-refractivity contribution in [1.29, 1.82) is 0 Å². The zero-order valence-corrected chi connectivity index (χ0v) is 19.3. The topological polar surface area (TPSA) is 26.3 Å².